The lowest BCUT2D eigenvalue weighted by molar-refractivity contribution is -0.122. The molecule has 0 heterocycles. The fraction of sp³-hybridized carbons (Fsp3) is 0.462. The van der Waals surface area contributed by atoms with Gasteiger partial charge >= 0.3 is 0 Å². The number of carbonyl (C=O) groups is 1. The predicted octanol–water partition coefficient (Wildman–Crippen LogP) is 2.98. The first kappa shape index (κ1) is 16.6. The van der Waals surface area contributed by atoms with E-state index in [-0.39, 0.29) is 30.2 Å². The fourth-order valence-corrected chi connectivity index (χ4v) is 2.63. The van der Waals surface area contributed by atoms with Gasteiger partial charge < -0.3 is 11.1 Å². The molecule has 1 amide bonds. The van der Waals surface area contributed by atoms with Gasteiger partial charge in [-0.2, -0.15) is 0 Å². The summed E-state index contributed by atoms with van der Waals surface area (Å²) in [7, 11) is 0. The molecule has 2 atom stereocenters. The Hall–Kier alpha value is -0.480. The molecule has 1 aliphatic carbocycles. The molecular formula is C13H17Cl3N2O. The highest BCUT2D eigenvalue weighted by molar-refractivity contribution is 6.34. The summed E-state index contributed by atoms with van der Waals surface area (Å²) in [6, 6.07) is 5.46. The van der Waals surface area contributed by atoms with Crippen LogP contribution in [0.25, 0.3) is 0 Å². The van der Waals surface area contributed by atoms with Gasteiger partial charge in [-0.05, 0) is 49.1 Å². The van der Waals surface area contributed by atoms with Crippen LogP contribution in [-0.2, 0) is 4.79 Å². The van der Waals surface area contributed by atoms with Crippen LogP contribution in [0.3, 0.4) is 0 Å². The minimum atomic E-state index is 0. The molecule has 0 radical (unpaired) electrons. The van der Waals surface area contributed by atoms with E-state index in [0.29, 0.717) is 23.1 Å². The highest BCUT2D eigenvalue weighted by Gasteiger charge is 2.43. The largest absolute Gasteiger partial charge is 0.356 e. The SMILES string of the molecule is Cl.NCCCNC(=O)C1CC1c1cc(Cl)cc(Cl)c1. The molecular weight excluding hydrogens is 307 g/mol. The molecule has 0 aromatic heterocycles. The zero-order valence-electron chi connectivity index (χ0n) is 10.4. The Morgan fingerprint density at radius 3 is 2.53 bits per heavy atom. The number of nitrogens with one attached hydrogen (secondary N) is 1. The van der Waals surface area contributed by atoms with Crippen molar-refractivity contribution in [1.29, 1.82) is 0 Å². The van der Waals surface area contributed by atoms with Crippen LogP contribution in [0.1, 0.15) is 24.3 Å². The lowest BCUT2D eigenvalue weighted by Gasteiger charge is -2.04. The van der Waals surface area contributed by atoms with Gasteiger partial charge in [0, 0.05) is 22.5 Å². The molecule has 1 aliphatic rings. The maximum atomic E-state index is 11.8. The van der Waals surface area contributed by atoms with Crippen molar-refractivity contribution in [1.82, 2.24) is 5.32 Å². The van der Waals surface area contributed by atoms with Crippen LogP contribution in [-0.4, -0.2) is 19.0 Å². The number of hydrogen-bond acceptors (Lipinski definition) is 2. The van der Waals surface area contributed by atoms with E-state index in [1.54, 1.807) is 6.07 Å². The van der Waals surface area contributed by atoms with Crippen molar-refractivity contribution < 1.29 is 4.79 Å². The quantitative estimate of drug-likeness (QED) is 0.819. The predicted molar refractivity (Wildman–Crippen MR) is 81.2 cm³/mol. The molecule has 1 fully saturated rings. The third-order valence-electron chi connectivity index (χ3n) is 3.12. The number of amides is 1. The van der Waals surface area contributed by atoms with Gasteiger partial charge in [-0.15, -0.1) is 12.4 Å². The van der Waals surface area contributed by atoms with E-state index < -0.39 is 0 Å². The zero-order valence-corrected chi connectivity index (χ0v) is 12.7. The highest BCUT2D eigenvalue weighted by Crippen LogP contribution is 2.48. The third-order valence-corrected chi connectivity index (χ3v) is 3.56. The third kappa shape index (κ3) is 4.53. The smallest absolute Gasteiger partial charge is 0.223 e. The molecule has 1 aromatic rings. The van der Waals surface area contributed by atoms with Crippen molar-refractivity contribution in [2.75, 3.05) is 13.1 Å². The minimum Gasteiger partial charge on any atom is -0.356 e. The molecule has 0 saturated heterocycles. The van der Waals surface area contributed by atoms with Gasteiger partial charge in [-0.3, -0.25) is 4.79 Å². The maximum absolute atomic E-state index is 11.8. The van der Waals surface area contributed by atoms with Gasteiger partial charge in [0.15, 0.2) is 0 Å². The first-order valence-electron chi connectivity index (χ1n) is 6.05. The molecule has 3 nitrogen and oxygen atoms in total. The van der Waals surface area contributed by atoms with Crippen molar-refractivity contribution in [3.63, 3.8) is 0 Å². The first-order valence-corrected chi connectivity index (χ1v) is 6.81. The number of hydrogen-bond donors (Lipinski definition) is 2. The summed E-state index contributed by atoms with van der Waals surface area (Å²) < 4.78 is 0. The van der Waals surface area contributed by atoms with Crippen molar-refractivity contribution >= 4 is 41.5 Å². The molecule has 2 rings (SSSR count). The van der Waals surface area contributed by atoms with E-state index in [0.717, 1.165) is 18.4 Å². The monoisotopic (exact) mass is 322 g/mol. The lowest BCUT2D eigenvalue weighted by Crippen LogP contribution is -2.27. The second kappa shape index (κ2) is 7.34. The maximum Gasteiger partial charge on any atom is 0.223 e. The molecule has 106 valence electrons. The van der Waals surface area contributed by atoms with Crippen LogP contribution in [0, 0.1) is 5.92 Å². The second-order valence-corrected chi connectivity index (χ2v) is 5.46. The van der Waals surface area contributed by atoms with Crippen molar-refractivity contribution in [2.24, 2.45) is 11.7 Å². The Morgan fingerprint density at radius 1 is 1.32 bits per heavy atom. The molecule has 6 heteroatoms. The summed E-state index contributed by atoms with van der Waals surface area (Å²) in [5.74, 6) is 0.404. The molecule has 2 unspecified atom stereocenters. The molecule has 0 aliphatic heterocycles. The van der Waals surface area contributed by atoms with Crippen LogP contribution >= 0.6 is 35.6 Å². The normalized spacial score (nSPS) is 20.6. The van der Waals surface area contributed by atoms with Crippen molar-refractivity contribution in [3.05, 3.63) is 33.8 Å². The number of carbonyl (C=O) groups excluding carboxylic acids is 1. The number of nitrogens with two attached hydrogens (primary N) is 1. The Bertz CT molecular complexity index is 433. The van der Waals surface area contributed by atoms with E-state index in [1.807, 2.05) is 12.1 Å². The summed E-state index contributed by atoms with van der Waals surface area (Å²) in [5, 5.41) is 4.12. The lowest BCUT2D eigenvalue weighted by atomic mass is 10.1. The standard InChI is InChI=1S/C13H16Cl2N2O.ClH/c14-9-4-8(5-10(15)6-9)11-7-12(11)13(18)17-3-1-2-16;/h4-6,11-12H,1-3,7,16H2,(H,17,18);1H. The molecule has 0 bridgehead atoms. The Balaban J connectivity index is 0.00000180. The van der Waals surface area contributed by atoms with Crippen LogP contribution in [0.4, 0.5) is 0 Å². The fourth-order valence-electron chi connectivity index (χ4n) is 2.09. The van der Waals surface area contributed by atoms with Gasteiger partial charge in [0.2, 0.25) is 5.91 Å². The highest BCUT2D eigenvalue weighted by atomic mass is 35.5. The van der Waals surface area contributed by atoms with E-state index in [1.165, 1.54) is 0 Å². The molecule has 3 N–H and O–H groups in total. The van der Waals surface area contributed by atoms with Gasteiger partial charge in [-0.25, -0.2) is 0 Å². The number of benzene rings is 1. The number of halogens is 3. The van der Waals surface area contributed by atoms with Gasteiger partial charge in [-0.1, -0.05) is 23.2 Å². The van der Waals surface area contributed by atoms with Crippen molar-refractivity contribution in [2.45, 2.75) is 18.8 Å². The van der Waals surface area contributed by atoms with E-state index in [9.17, 15) is 4.79 Å². The summed E-state index contributed by atoms with van der Waals surface area (Å²) in [6.07, 6.45) is 1.68. The van der Waals surface area contributed by atoms with Crippen LogP contribution < -0.4 is 11.1 Å². The molecule has 19 heavy (non-hydrogen) atoms. The topological polar surface area (TPSA) is 55.1 Å². The summed E-state index contributed by atoms with van der Waals surface area (Å²) in [5.41, 5.74) is 6.43. The molecule has 0 spiro atoms. The Morgan fingerprint density at radius 2 is 1.95 bits per heavy atom. The molecule has 1 saturated carbocycles. The average molecular weight is 324 g/mol. The minimum absolute atomic E-state index is 0. The van der Waals surface area contributed by atoms with E-state index in [4.69, 9.17) is 28.9 Å². The Kier molecular flexibility index (Phi) is 6.40. The zero-order chi connectivity index (χ0) is 13.1. The van der Waals surface area contributed by atoms with Crippen molar-refractivity contribution in [3.8, 4) is 0 Å². The van der Waals surface area contributed by atoms with Crippen LogP contribution in [0.2, 0.25) is 10.0 Å². The van der Waals surface area contributed by atoms with Gasteiger partial charge in [0.25, 0.3) is 0 Å². The van der Waals surface area contributed by atoms with E-state index in [2.05, 4.69) is 5.32 Å². The van der Waals surface area contributed by atoms with Crippen LogP contribution in [0.5, 0.6) is 0 Å². The first-order chi connectivity index (χ1) is 8.61. The second-order valence-electron chi connectivity index (χ2n) is 4.58. The van der Waals surface area contributed by atoms with Gasteiger partial charge in [0.1, 0.15) is 0 Å². The average Bonchev–Trinajstić information content (AvgIpc) is 3.07. The van der Waals surface area contributed by atoms with Crippen LogP contribution in [0.15, 0.2) is 18.2 Å². The molecule has 1 aromatic carbocycles. The summed E-state index contributed by atoms with van der Waals surface area (Å²) >= 11 is 11.9. The van der Waals surface area contributed by atoms with E-state index >= 15 is 0 Å². The van der Waals surface area contributed by atoms with Gasteiger partial charge in [0.05, 0.1) is 0 Å². The summed E-state index contributed by atoms with van der Waals surface area (Å²) in [6.45, 7) is 1.24. The Labute approximate surface area is 129 Å². The number of rotatable bonds is 5. The summed E-state index contributed by atoms with van der Waals surface area (Å²) in [4.78, 5) is 11.8.